The Labute approximate surface area is 242 Å². The van der Waals surface area contributed by atoms with Crippen LogP contribution in [0.3, 0.4) is 0 Å². The molecule has 0 atom stereocenters. The van der Waals surface area contributed by atoms with E-state index in [1.807, 2.05) is 0 Å². The van der Waals surface area contributed by atoms with Crippen LogP contribution in [-0.2, 0) is 30.0 Å². The van der Waals surface area contributed by atoms with Crippen LogP contribution in [0.25, 0.3) is 0 Å². The van der Waals surface area contributed by atoms with Gasteiger partial charge in [0.15, 0.2) is 0 Å². The predicted molar refractivity (Wildman–Crippen MR) is 154 cm³/mol. The van der Waals surface area contributed by atoms with E-state index in [1.165, 1.54) is 40.0 Å². The molecular weight excluding hydrogens is 605 g/mol. The summed E-state index contributed by atoms with van der Waals surface area (Å²) < 4.78 is 0. The Bertz CT molecular complexity index is 996. The fourth-order valence-electron chi connectivity index (χ4n) is 3.63. The second kappa shape index (κ2) is 19.4. The Hall–Kier alpha value is -2.66. The van der Waals surface area contributed by atoms with Gasteiger partial charge in [-0.2, -0.15) is 0 Å². The minimum atomic E-state index is -1.08. The molecule has 0 aromatic heterocycles. The zero-order valence-electron chi connectivity index (χ0n) is 21.5. The van der Waals surface area contributed by atoms with Gasteiger partial charge in [-0.1, -0.05) is 121 Å². The number of carboxylic acid groups (broad SMARTS) is 2. The SMILES string of the molecule is CC(=O)[O-].CC(=O)[O-].[Pd+2].c1ccc(P(CCCP(c2ccccc2)c2ccccc2)c2ccccc2)cc1. The quantitative estimate of drug-likeness (QED) is 0.220. The topological polar surface area (TPSA) is 80.3 Å². The summed E-state index contributed by atoms with van der Waals surface area (Å²) in [4.78, 5) is 17.8. The predicted octanol–water partition coefficient (Wildman–Crippen LogP) is 3.15. The maximum absolute atomic E-state index is 8.89. The molecule has 38 heavy (non-hydrogen) atoms. The summed E-state index contributed by atoms with van der Waals surface area (Å²) in [5.74, 6) is -2.17. The Morgan fingerprint density at radius 1 is 0.500 bits per heavy atom. The molecule has 0 amide bonds. The van der Waals surface area contributed by atoms with E-state index in [4.69, 9.17) is 19.8 Å². The standard InChI is InChI=1S/C27H26P2.2C2H4O2.Pd/c1-5-14-24(15-6-1)28(25-16-7-2-8-17-25)22-13-23-29(26-18-9-3-10-19-26)27-20-11-4-12-21-27;2*1-2(3)4;/h1-12,14-21H,13,22-23H2;2*1H3,(H,3,4);/q;;;+2/p-2. The summed E-state index contributed by atoms with van der Waals surface area (Å²) in [5.41, 5.74) is 0. The van der Waals surface area contributed by atoms with Gasteiger partial charge >= 0.3 is 20.4 Å². The van der Waals surface area contributed by atoms with Crippen LogP contribution in [0.4, 0.5) is 0 Å². The van der Waals surface area contributed by atoms with E-state index < -0.39 is 11.9 Å². The molecule has 0 spiro atoms. The Balaban J connectivity index is 0.000000709. The Morgan fingerprint density at radius 2 is 0.684 bits per heavy atom. The largest absolute Gasteiger partial charge is 2.00 e. The molecule has 0 bridgehead atoms. The number of aliphatic carboxylic acids is 2. The molecule has 4 rings (SSSR count). The number of hydrogen-bond acceptors (Lipinski definition) is 4. The molecule has 0 N–H and O–H groups in total. The molecule has 4 aromatic rings. The summed E-state index contributed by atoms with van der Waals surface area (Å²) in [6, 6.07) is 44.3. The van der Waals surface area contributed by atoms with Crippen LogP contribution in [0.2, 0.25) is 0 Å². The van der Waals surface area contributed by atoms with Crippen LogP contribution in [-0.4, -0.2) is 24.3 Å². The first-order chi connectivity index (χ1) is 17.9. The van der Waals surface area contributed by atoms with E-state index in [0.717, 1.165) is 13.8 Å². The summed E-state index contributed by atoms with van der Waals surface area (Å²) in [5, 5.41) is 23.7. The first kappa shape index (κ1) is 33.4. The molecule has 0 saturated carbocycles. The second-order valence-electron chi connectivity index (χ2n) is 7.98. The van der Waals surface area contributed by atoms with Gasteiger partial charge in [-0.15, -0.1) is 0 Å². The van der Waals surface area contributed by atoms with Gasteiger partial charge in [-0.05, 0) is 69.7 Å². The molecule has 0 aliphatic carbocycles. The molecule has 200 valence electrons. The number of carbonyl (C=O) groups excluding carboxylic acids is 2. The monoisotopic (exact) mass is 636 g/mol. The van der Waals surface area contributed by atoms with Crippen molar-refractivity contribution in [2.24, 2.45) is 0 Å². The third-order valence-electron chi connectivity index (χ3n) is 5.03. The van der Waals surface area contributed by atoms with Gasteiger partial charge in [0.25, 0.3) is 0 Å². The molecular formula is C31H32O4P2Pd. The number of carboxylic acids is 2. The summed E-state index contributed by atoms with van der Waals surface area (Å²) in [6.45, 7) is 1.94. The van der Waals surface area contributed by atoms with Crippen LogP contribution in [0.15, 0.2) is 121 Å². The molecule has 0 radical (unpaired) electrons. The van der Waals surface area contributed by atoms with Crippen molar-refractivity contribution in [1.82, 2.24) is 0 Å². The Morgan fingerprint density at radius 3 is 0.868 bits per heavy atom. The van der Waals surface area contributed by atoms with Crippen molar-refractivity contribution in [3.05, 3.63) is 121 Å². The van der Waals surface area contributed by atoms with Crippen LogP contribution in [0.5, 0.6) is 0 Å². The third kappa shape index (κ3) is 13.2. The number of hydrogen-bond donors (Lipinski definition) is 0. The van der Waals surface area contributed by atoms with Gasteiger partial charge in [0.1, 0.15) is 0 Å². The van der Waals surface area contributed by atoms with Crippen LogP contribution >= 0.6 is 15.8 Å². The molecule has 0 heterocycles. The van der Waals surface area contributed by atoms with Crippen molar-refractivity contribution in [1.29, 1.82) is 0 Å². The number of rotatable bonds is 8. The zero-order valence-corrected chi connectivity index (χ0v) is 24.9. The van der Waals surface area contributed by atoms with E-state index in [1.54, 1.807) is 0 Å². The molecule has 0 unspecified atom stereocenters. The van der Waals surface area contributed by atoms with Gasteiger partial charge in [0, 0.05) is 11.9 Å². The minimum absolute atomic E-state index is 0. The van der Waals surface area contributed by atoms with Crippen molar-refractivity contribution >= 4 is 49.0 Å². The Kier molecular flexibility index (Phi) is 17.1. The molecule has 4 nitrogen and oxygen atoms in total. The van der Waals surface area contributed by atoms with Crippen LogP contribution in [0, 0.1) is 0 Å². The van der Waals surface area contributed by atoms with E-state index >= 15 is 0 Å². The van der Waals surface area contributed by atoms with Crippen molar-refractivity contribution in [2.45, 2.75) is 20.3 Å². The normalized spacial score (nSPS) is 9.79. The summed E-state index contributed by atoms with van der Waals surface area (Å²) >= 11 is 0. The van der Waals surface area contributed by atoms with E-state index in [9.17, 15) is 0 Å². The molecule has 0 saturated heterocycles. The molecule has 0 aliphatic rings. The zero-order chi connectivity index (χ0) is 26.9. The minimum Gasteiger partial charge on any atom is -0.550 e. The summed E-state index contributed by atoms with van der Waals surface area (Å²) in [7, 11) is -0.618. The smallest absolute Gasteiger partial charge is 0.550 e. The van der Waals surface area contributed by atoms with Crippen molar-refractivity contribution in [3.63, 3.8) is 0 Å². The summed E-state index contributed by atoms with van der Waals surface area (Å²) in [6.07, 6.45) is 3.72. The van der Waals surface area contributed by atoms with Crippen LogP contribution in [0.1, 0.15) is 20.3 Å². The van der Waals surface area contributed by atoms with Crippen molar-refractivity contribution < 1.29 is 40.2 Å². The maximum Gasteiger partial charge on any atom is 2.00 e. The molecule has 4 aromatic carbocycles. The fourth-order valence-corrected chi connectivity index (χ4v) is 8.59. The van der Waals surface area contributed by atoms with Gasteiger partial charge in [0.2, 0.25) is 0 Å². The van der Waals surface area contributed by atoms with Gasteiger partial charge in [-0.25, -0.2) is 0 Å². The van der Waals surface area contributed by atoms with Crippen LogP contribution < -0.4 is 31.4 Å². The van der Waals surface area contributed by atoms with Crippen molar-refractivity contribution in [2.75, 3.05) is 12.3 Å². The fraction of sp³-hybridized carbons (Fsp3) is 0.161. The maximum atomic E-state index is 8.89. The van der Waals surface area contributed by atoms with E-state index in [2.05, 4.69) is 121 Å². The van der Waals surface area contributed by atoms with Gasteiger partial charge in [0.05, 0.1) is 0 Å². The first-order valence-electron chi connectivity index (χ1n) is 12.0. The number of benzene rings is 4. The van der Waals surface area contributed by atoms with E-state index in [0.29, 0.717) is 0 Å². The average molecular weight is 637 g/mol. The second-order valence-corrected chi connectivity index (χ2v) is 12.7. The van der Waals surface area contributed by atoms with Gasteiger partial charge < -0.3 is 19.8 Å². The van der Waals surface area contributed by atoms with Crippen molar-refractivity contribution in [3.8, 4) is 0 Å². The van der Waals surface area contributed by atoms with E-state index in [-0.39, 0.29) is 36.3 Å². The van der Waals surface area contributed by atoms with Gasteiger partial charge in [-0.3, -0.25) is 0 Å². The number of carbonyl (C=O) groups is 2. The molecule has 7 heteroatoms. The molecule has 0 aliphatic heterocycles. The first-order valence-corrected chi connectivity index (χ1v) is 15.0. The average Bonchev–Trinajstić information content (AvgIpc) is 2.90. The molecule has 0 fully saturated rings. The third-order valence-corrected chi connectivity index (χ3v) is 10.2.